The molecular formula is C25H18N6S. The average Bonchev–Trinajstić information content (AvgIpc) is 3.48. The third kappa shape index (κ3) is 3.29. The highest BCUT2D eigenvalue weighted by Gasteiger charge is 2.17. The lowest BCUT2D eigenvalue weighted by Crippen LogP contribution is -2.05. The van der Waals surface area contributed by atoms with Gasteiger partial charge in [-0.2, -0.15) is 0 Å². The second kappa shape index (κ2) is 7.86. The van der Waals surface area contributed by atoms with Crippen LogP contribution in [0, 0.1) is 0 Å². The van der Waals surface area contributed by atoms with E-state index in [1.165, 1.54) is 4.70 Å². The van der Waals surface area contributed by atoms with Crippen LogP contribution in [0.3, 0.4) is 0 Å². The Bertz CT molecular complexity index is 1520. The van der Waals surface area contributed by atoms with Gasteiger partial charge in [0.15, 0.2) is 22.8 Å². The molecule has 154 valence electrons. The van der Waals surface area contributed by atoms with Crippen molar-refractivity contribution in [2.45, 2.75) is 6.54 Å². The van der Waals surface area contributed by atoms with E-state index in [0.29, 0.717) is 18.2 Å². The van der Waals surface area contributed by atoms with Gasteiger partial charge in [0.1, 0.15) is 6.33 Å². The number of nitrogens with zero attached hydrogens (tertiary/aromatic N) is 5. The molecule has 4 aromatic heterocycles. The molecule has 6 nitrogen and oxygen atoms in total. The van der Waals surface area contributed by atoms with E-state index in [0.717, 1.165) is 33.4 Å². The first kappa shape index (κ1) is 18.7. The summed E-state index contributed by atoms with van der Waals surface area (Å²) in [6.07, 6.45) is 5.42. The predicted octanol–water partition coefficient (Wildman–Crippen LogP) is 5.70. The maximum Gasteiger partial charge on any atom is 0.170 e. The van der Waals surface area contributed by atoms with Crippen molar-refractivity contribution in [3.63, 3.8) is 0 Å². The molecule has 0 radical (unpaired) electrons. The lowest BCUT2D eigenvalue weighted by molar-refractivity contribution is 1.06. The van der Waals surface area contributed by atoms with Crippen molar-refractivity contribution in [2.75, 3.05) is 5.32 Å². The van der Waals surface area contributed by atoms with Crippen molar-refractivity contribution in [2.24, 2.45) is 0 Å². The fourth-order valence-corrected chi connectivity index (χ4v) is 4.70. The molecule has 6 rings (SSSR count). The van der Waals surface area contributed by atoms with E-state index in [1.54, 1.807) is 23.9 Å². The molecule has 0 saturated carbocycles. The number of anilines is 1. The summed E-state index contributed by atoms with van der Waals surface area (Å²) < 4.78 is 3.22. The third-order valence-electron chi connectivity index (χ3n) is 5.34. The normalized spacial score (nSPS) is 11.2. The van der Waals surface area contributed by atoms with Crippen LogP contribution in [0.5, 0.6) is 0 Å². The van der Waals surface area contributed by atoms with E-state index in [2.05, 4.69) is 38.9 Å². The Hall–Kier alpha value is -4.10. The second-order valence-electron chi connectivity index (χ2n) is 7.38. The SMILES string of the molecule is c1ccc(-n2cnc3c(NCc4cccnc4)nc(-c4csc5ccccc45)nc32)cc1. The molecule has 0 fully saturated rings. The lowest BCUT2D eigenvalue weighted by Gasteiger charge is -2.10. The average molecular weight is 435 g/mol. The van der Waals surface area contributed by atoms with Crippen molar-refractivity contribution in [1.29, 1.82) is 0 Å². The summed E-state index contributed by atoms with van der Waals surface area (Å²) in [6, 6.07) is 22.4. The van der Waals surface area contributed by atoms with Crippen LogP contribution in [-0.4, -0.2) is 24.5 Å². The van der Waals surface area contributed by atoms with E-state index in [1.807, 2.05) is 59.3 Å². The monoisotopic (exact) mass is 434 g/mol. The van der Waals surface area contributed by atoms with Crippen molar-refractivity contribution < 1.29 is 0 Å². The van der Waals surface area contributed by atoms with E-state index >= 15 is 0 Å². The number of para-hydroxylation sites is 1. The van der Waals surface area contributed by atoms with Gasteiger partial charge >= 0.3 is 0 Å². The zero-order valence-corrected chi connectivity index (χ0v) is 17.8. The number of aromatic nitrogens is 5. The van der Waals surface area contributed by atoms with Gasteiger partial charge in [0.25, 0.3) is 0 Å². The Kier molecular flexibility index (Phi) is 4.58. The van der Waals surface area contributed by atoms with Gasteiger partial charge in [-0.15, -0.1) is 11.3 Å². The van der Waals surface area contributed by atoms with Crippen LogP contribution in [0.2, 0.25) is 0 Å². The number of hydrogen-bond acceptors (Lipinski definition) is 6. The van der Waals surface area contributed by atoms with Crippen LogP contribution in [-0.2, 0) is 6.54 Å². The summed E-state index contributed by atoms with van der Waals surface area (Å²) in [5.41, 5.74) is 4.61. The van der Waals surface area contributed by atoms with Crippen LogP contribution >= 0.6 is 11.3 Å². The van der Waals surface area contributed by atoms with Crippen LogP contribution in [0.15, 0.2) is 90.8 Å². The van der Waals surface area contributed by atoms with Gasteiger partial charge in [0.05, 0.1) is 0 Å². The maximum atomic E-state index is 4.96. The minimum absolute atomic E-state index is 0.599. The topological polar surface area (TPSA) is 68.5 Å². The maximum absolute atomic E-state index is 4.96. The highest BCUT2D eigenvalue weighted by Crippen LogP contribution is 2.34. The number of nitrogens with one attached hydrogen (secondary N) is 1. The molecule has 4 heterocycles. The highest BCUT2D eigenvalue weighted by atomic mass is 32.1. The Morgan fingerprint density at radius 3 is 2.66 bits per heavy atom. The van der Waals surface area contributed by atoms with Gasteiger partial charge in [-0.3, -0.25) is 9.55 Å². The van der Waals surface area contributed by atoms with E-state index in [4.69, 9.17) is 9.97 Å². The molecule has 2 aromatic carbocycles. The fraction of sp³-hybridized carbons (Fsp3) is 0.0400. The summed E-state index contributed by atoms with van der Waals surface area (Å²) in [5, 5.41) is 6.73. The number of rotatable bonds is 5. The zero-order chi connectivity index (χ0) is 21.3. The molecule has 0 bridgehead atoms. The van der Waals surface area contributed by atoms with E-state index in [-0.39, 0.29) is 0 Å². The quantitative estimate of drug-likeness (QED) is 0.377. The largest absolute Gasteiger partial charge is 0.364 e. The van der Waals surface area contributed by atoms with Crippen molar-refractivity contribution >= 4 is 38.4 Å². The lowest BCUT2D eigenvalue weighted by atomic mass is 10.1. The van der Waals surface area contributed by atoms with Gasteiger partial charge < -0.3 is 5.32 Å². The fourth-order valence-electron chi connectivity index (χ4n) is 3.76. The first-order valence-electron chi connectivity index (χ1n) is 10.3. The number of pyridine rings is 1. The van der Waals surface area contributed by atoms with E-state index in [9.17, 15) is 0 Å². The van der Waals surface area contributed by atoms with Gasteiger partial charge in [-0.05, 0) is 29.8 Å². The second-order valence-corrected chi connectivity index (χ2v) is 8.29. The minimum atomic E-state index is 0.599. The molecule has 0 saturated heterocycles. The summed E-state index contributed by atoms with van der Waals surface area (Å²) in [7, 11) is 0. The Morgan fingerprint density at radius 1 is 0.906 bits per heavy atom. The number of imidazole rings is 1. The molecule has 6 aromatic rings. The number of benzene rings is 2. The molecule has 0 amide bonds. The first-order valence-corrected chi connectivity index (χ1v) is 11.1. The summed E-state index contributed by atoms with van der Waals surface area (Å²) in [5.74, 6) is 1.39. The molecule has 0 aliphatic rings. The first-order chi connectivity index (χ1) is 15.9. The van der Waals surface area contributed by atoms with Crippen LogP contribution in [0.25, 0.3) is 38.3 Å². The number of hydrogen-bond donors (Lipinski definition) is 1. The van der Waals surface area contributed by atoms with Crippen LogP contribution < -0.4 is 5.32 Å². The van der Waals surface area contributed by atoms with Crippen molar-refractivity contribution in [3.05, 3.63) is 96.4 Å². The van der Waals surface area contributed by atoms with Gasteiger partial charge in [0.2, 0.25) is 0 Å². The molecule has 0 aliphatic carbocycles. The van der Waals surface area contributed by atoms with Crippen molar-refractivity contribution in [1.82, 2.24) is 24.5 Å². The number of fused-ring (bicyclic) bond motifs is 2. The standard InChI is InChI=1S/C25H18N6S/c1-2-8-18(9-3-1)31-16-28-22-24(27-14-17-7-6-12-26-13-17)29-23(30-25(22)31)20-15-32-21-11-5-4-10-19(20)21/h1-13,15-16H,14H2,(H,27,29,30). The third-order valence-corrected chi connectivity index (χ3v) is 6.30. The van der Waals surface area contributed by atoms with Gasteiger partial charge in [-0.1, -0.05) is 42.5 Å². The summed E-state index contributed by atoms with van der Waals surface area (Å²) in [4.78, 5) is 18.7. The minimum Gasteiger partial charge on any atom is -0.364 e. The van der Waals surface area contributed by atoms with Crippen LogP contribution in [0.1, 0.15) is 5.56 Å². The van der Waals surface area contributed by atoms with Crippen LogP contribution in [0.4, 0.5) is 5.82 Å². The predicted molar refractivity (Wildman–Crippen MR) is 129 cm³/mol. The molecule has 0 unspecified atom stereocenters. The Morgan fingerprint density at radius 2 is 1.78 bits per heavy atom. The Labute approximate surface area is 188 Å². The highest BCUT2D eigenvalue weighted by molar-refractivity contribution is 7.17. The summed E-state index contributed by atoms with van der Waals surface area (Å²) in [6.45, 7) is 0.599. The molecular weight excluding hydrogens is 416 g/mol. The molecule has 7 heteroatoms. The Balaban J connectivity index is 1.53. The summed E-state index contributed by atoms with van der Waals surface area (Å²) >= 11 is 1.70. The van der Waals surface area contributed by atoms with E-state index < -0.39 is 0 Å². The number of thiophene rings is 1. The smallest absolute Gasteiger partial charge is 0.170 e. The molecule has 0 atom stereocenters. The zero-order valence-electron chi connectivity index (χ0n) is 17.0. The molecule has 0 aliphatic heterocycles. The van der Waals surface area contributed by atoms with Crippen molar-refractivity contribution in [3.8, 4) is 17.1 Å². The molecule has 0 spiro atoms. The molecule has 32 heavy (non-hydrogen) atoms. The molecule has 1 N–H and O–H groups in total. The van der Waals surface area contributed by atoms with Gasteiger partial charge in [0, 0.05) is 45.7 Å². The van der Waals surface area contributed by atoms with Gasteiger partial charge in [-0.25, -0.2) is 15.0 Å².